The van der Waals surface area contributed by atoms with Crippen molar-refractivity contribution in [2.24, 2.45) is 0 Å². The van der Waals surface area contributed by atoms with E-state index in [-0.39, 0.29) is 6.03 Å². The monoisotopic (exact) mass is 183 g/mol. The average Bonchev–Trinajstić information content (AvgIpc) is 2.18. The smallest absolute Gasteiger partial charge is 0.317 e. The second-order valence-corrected chi connectivity index (χ2v) is 2.77. The molecule has 72 valence electrons. The first-order valence-electron chi connectivity index (χ1n) is 4.32. The third kappa shape index (κ3) is 2.60. The molecule has 1 aliphatic heterocycles. The third-order valence-corrected chi connectivity index (χ3v) is 1.83. The normalized spacial score (nSPS) is 22.2. The molecule has 0 bridgehead atoms. The zero-order valence-corrected chi connectivity index (χ0v) is 7.62. The highest BCUT2D eigenvalue weighted by atomic mass is 16.5. The fourth-order valence-corrected chi connectivity index (χ4v) is 1.17. The molecule has 0 aromatic rings. The Labute approximate surface area is 77.3 Å². The highest BCUT2D eigenvalue weighted by Crippen LogP contribution is 2.03. The molecule has 1 N–H and O–H groups in total. The van der Waals surface area contributed by atoms with E-state index in [0.29, 0.717) is 26.2 Å². The summed E-state index contributed by atoms with van der Waals surface area (Å²) in [6, 6.07) is 1.87. The first-order valence-corrected chi connectivity index (χ1v) is 4.32. The van der Waals surface area contributed by atoms with Gasteiger partial charge in [-0.2, -0.15) is 5.26 Å². The molecule has 1 unspecified atom stereocenters. The molecule has 0 aromatic heterocycles. The van der Waals surface area contributed by atoms with Gasteiger partial charge in [0.15, 0.2) is 6.10 Å². The molecule has 1 aliphatic rings. The number of urea groups is 1. The maximum absolute atomic E-state index is 11.3. The standard InChI is InChI=1S/C8H13N3O2/c1-2-10-8(12)11-3-4-13-7(5-9)6-11/h7H,2-4,6H2,1H3,(H,10,12). The predicted molar refractivity (Wildman–Crippen MR) is 46.0 cm³/mol. The average molecular weight is 183 g/mol. The molecular weight excluding hydrogens is 170 g/mol. The van der Waals surface area contributed by atoms with E-state index in [1.807, 2.05) is 13.0 Å². The van der Waals surface area contributed by atoms with Crippen molar-refractivity contribution in [1.29, 1.82) is 5.26 Å². The number of hydrogen-bond donors (Lipinski definition) is 1. The summed E-state index contributed by atoms with van der Waals surface area (Å²) in [5.41, 5.74) is 0. The third-order valence-electron chi connectivity index (χ3n) is 1.83. The van der Waals surface area contributed by atoms with Gasteiger partial charge in [-0.3, -0.25) is 0 Å². The molecule has 0 aromatic carbocycles. The summed E-state index contributed by atoms with van der Waals surface area (Å²) in [6.45, 7) is 3.83. The Hall–Kier alpha value is -1.28. The van der Waals surface area contributed by atoms with Crippen LogP contribution in [0.25, 0.3) is 0 Å². The lowest BCUT2D eigenvalue weighted by molar-refractivity contribution is 0.0158. The number of morpholine rings is 1. The summed E-state index contributed by atoms with van der Waals surface area (Å²) in [5.74, 6) is 0. The van der Waals surface area contributed by atoms with Crippen molar-refractivity contribution in [3.8, 4) is 6.07 Å². The number of amides is 2. The molecular formula is C8H13N3O2. The van der Waals surface area contributed by atoms with Crippen LogP contribution in [0, 0.1) is 11.3 Å². The molecule has 0 spiro atoms. The van der Waals surface area contributed by atoms with Gasteiger partial charge in [0.1, 0.15) is 0 Å². The number of carbonyl (C=O) groups excluding carboxylic acids is 1. The van der Waals surface area contributed by atoms with Crippen molar-refractivity contribution in [3.05, 3.63) is 0 Å². The van der Waals surface area contributed by atoms with Gasteiger partial charge in [-0.15, -0.1) is 0 Å². The van der Waals surface area contributed by atoms with Gasteiger partial charge in [-0.25, -0.2) is 4.79 Å². The fourth-order valence-electron chi connectivity index (χ4n) is 1.17. The molecule has 13 heavy (non-hydrogen) atoms. The predicted octanol–water partition coefficient (Wildman–Crippen LogP) is -0.0597. The molecule has 1 atom stereocenters. The van der Waals surface area contributed by atoms with Crippen molar-refractivity contribution >= 4 is 6.03 Å². The first kappa shape index (κ1) is 9.81. The van der Waals surface area contributed by atoms with Crippen LogP contribution < -0.4 is 5.32 Å². The molecule has 5 heteroatoms. The summed E-state index contributed by atoms with van der Waals surface area (Å²) in [6.07, 6.45) is -0.476. The Morgan fingerprint density at radius 3 is 3.23 bits per heavy atom. The van der Waals surface area contributed by atoms with Crippen LogP contribution in [0.4, 0.5) is 4.79 Å². The maximum Gasteiger partial charge on any atom is 0.317 e. The van der Waals surface area contributed by atoms with Crippen molar-refractivity contribution in [2.45, 2.75) is 13.0 Å². The topological polar surface area (TPSA) is 65.4 Å². The molecule has 0 saturated carbocycles. The Morgan fingerprint density at radius 2 is 2.62 bits per heavy atom. The Kier molecular flexibility index (Phi) is 3.53. The summed E-state index contributed by atoms with van der Waals surface area (Å²) in [4.78, 5) is 12.9. The minimum atomic E-state index is -0.476. The molecule has 5 nitrogen and oxygen atoms in total. The van der Waals surface area contributed by atoms with E-state index >= 15 is 0 Å². The zero-order chi connectivity index (χ0) is 9.68. The minimum Gasteiger partial charge on any atom is -0.360 e. The van der Waals surface area contributed by atoms with Crippen LogP contribution >= 0.6 is 0 Å². The number of carbonyl (C=O) groups is 1. The zero-order valence-electron chi connectivity index (χ0n) is 7.62. The number of ether oxygens (including phenoxy) is 1. The molecule has 0 radical (unpaired) electrons. The van der Waals surface area contributed by atoms with Crippen LogP contribution in [-0.4, -0.2) is 43.3 Å². The molecule has 1 rings (SSSR count). The lowest BCUT2D eigenvalue weighted by Crippen LogP contribution is -2.49. The summed E-state index contributed by atoms with van der Waals surface area (Å²) < 4.78 is 5.10. The van der Waals surface area contributed by atoms with Crippen molar-refractivity contribution in [2.75, 3.05) is 26.2 Å². The van der Waals surface area contributed by atoms with Crippen LogP contribution in [0.1, 0.15) is 6.92 Å². The number of nitrogens with zero attached hydrogens (tertiary/aromatic N) is 2. The quantitative estimate of drug-likeness (QED) is 0.619. The van der Waals surface area contributed by atoms with E-state index < -0.39 is 6.10 Å². The number of nitriles is 1. The summed E-state index contributed by atoms with van der Waals surface area (Å²) >= 11 is 0. The molecule has 1 saturated heterocycles. The van der Waals surface area contributed by atoms with Crippen molar-refractivity contribution in [1.82, 2.24) is 10.2 Å². The number of nitrogens with one attached hydrogen (secondary N) is 1. The SMILES string of the molecule is CCNC(=O)N1CCOC(C#N)C1. The largest absolute Gasteiger partial charge is 0.360 e. The summed E-state index contributed by atoms with van der Waals surface area (Å²) in [7, 11) is 0. The van der Waals surface area contributed by atoms with E-state index in [4.69, 9.17) is 10.00 Å². The van der Waals surface area contributed by atoms with Crippen LogP contribution in [0.3, 0.4) is 0 Å². The van der Waals surface area contributed by atoms with Crippen LogP contribution in [0.2, 0.25) is 0 Å². The number of hydrogen-bond acceptors (Lipinski definition) is 3. The highest BCUT2D eigenvalue weighted by molar-refractivity contribution is 5.74. The van der Waals surface area contributed by atoms with E-state index in [9.17, 15) is 4.79 Å². The van der Waals surface area contributed by atoms with E-state index in [1.54, 1.807) is 4.90 Å². The van der Waals surface area contributed by atoms with E-state index in [2.05, 4.69) is 5.32 Å². The first-order chi connectivity index (χ1) is 6.27. The lowest BCUT2D eigenvalue weighted by atomic mass is 10.3. The Balaban J connectivity index is 2.42. The Morgan fingerprint density at radius 1 is 1.85 bits per heavy atom. The van der Waals surface area contributed by atoms with Crippen molar-refractivity contribution in [3.63, 3.8) is 0 Å². The van der Waals surface area contributed by atoms with Crippen LogP contribution in [0.15, 0.2) is 0 Å². The minimum absolute atomic E-state index is 0.119. The molecule has 1 fully saturated rings. The van der Waals surface area contributed by atoms with Gasteiger partial charge in [0.2, 0.25) is 0 Å². The van der Waals surface area contributed by atoms with Gasteiger partial charge in [-0.05, 0) is 6.92 Å². The van der Waals surface area contributed by atoms with Crippen molar-refractivity contribution < 1.29 is 9.53 Å². The fraction of sp³-hybridized carbons (Fsp3) is 0.750. The van der Waals surface area contributed by atoms with E-state index in [0.717, 1.165) is 0 Å². The van der Waals surface area contributed by atoms with E-state index in [1.165, 1.54) is 0 Å². The molecule has 2 amide bonds. The van der Waals surface area contributed by atoms with Gasteiger partial charge in [0.25, 0.3) is 0 Å². The van der Waals surface area contributed by atoms with Crippen LogP contribution in [0.5, 0.6) is 0 Å². The van der Waals surface area contributed by atoms with Gasteiger partial charge in [0, 0.05) is 13.1 Å². The second kappa shape index (κ2) is 4.67. The Bertz CT molecular complexity index is 224. The van der Waals surface area contributed by atoms with Gasteiger partial charge >= 0.3 is 6.03 Å². The van der Waals surface area contributed by atoms with Gasteiger partial charge < -0.3 is 15.0 Å². The van der Waals surface area contributed by atoms with Gasteiger partial charge in [-0.1, -0.05) is 0 Å². The second-order valence-electron chi connectivity index (χ2n) is 2.77. The van der Waals surface area contributed by atoms with Crippen LogP contribution in [-0.2, 0) is 4.74 Å². The lowest BCUT2D eigenvalue weighted by Gasteiger charge is -2.29. The molecule has 0 aliphatic carbocycles. The summed E-state index contributed by atoms with van der Waals surface area (Å²) in [5, 5.41) is 11.3. The molecule has 1 heterocycles. The highest BCUT2D eigenvalue weighted by Gasteiger charge is 2.23. The number of rotatable bonds is 1. The van der Waals surface area contributed by atoms with Gasteiger partial charge in [0.05, 0.1) is 19.2 Å². The maximum atomic E-state index is 11.3.